The lowest BCUT2D eigenvalue weighted by Crippen LogP contribution is -2.28. The third-order valence-corrected chi connectivity index (χ3v) is 3.76. The van der Waals surface area contributed by atoms with Crippen molar-refractivity contribution >= 4 is 23.2 Å². The zero-order valence-electron chi connectivity index (χ0n) is 14.0. The van der Waals surface area contributed by atoms with Gasteiger partial charge in [-0.1, -0.05) is 17.7 Å². The zero-order valence-corrected chi connectivity index (χ0v) is 14.7. The molecular formula is C18H21ClN2O3. The normalized spacial score (nSPS) is 10.3. The smallest absolute Gasteiger partial charge is 0.238 e. The highest BCUT2D eigenvalue weighted by Gasteiger charge is 2.07. The molecular weight excluding hydrogens is 328 g/mol. The Labute approximate surface area is 146 Å². The van der Waals surface area contributed by atoms with Crippen molar-refractivity contribution in [2.24, 2.45) is 0 Å². The summed E-state index contributed by atoms with van der Waals surface area (Å²) in [6.07, 6.45) is 0. The highest BCUT2D eigenvalue weighted by molar-refractivity contribution is 6.30. The second kappa shape index (κ2) is 8.57. The van der Waals surface area contributed by atoms with Gasteiger partial charge in [0.1, 0.15) is 0 Å². The van der Waals surface area contributed by atoms with E-state index in [0.717, 1.165) is 16.8 Å². The summed E-state index contributed by atoms with van der Waals surface area (Å²) in [6.45, 7) is 2.66. The predicted octanol–water partition coefficient (Wildman–Crippen LogP) is 3.39. The van der Waals surface area contributed by atoms with Crippen LogP contribution in [0.5, 0.6) is 11.5 Å². The molecule has 1 amide bonds. The molecule has 2 aromatic rings. The number of anilines is 1. The Hall–Kier alpha value is -2.24. The summed E-state index contributed by atoms with van der Waals surface area (Å²) in [5.74, 6) is 1.23. The highest BCUT2D eigenvalue weighted by atomic mass is 35.5. The van der Waals surface area contributed by atoms with Crippen LogP contribution in [0.3, 0.4) is 0 Å². The molecule has 2 aromatic carbocycles. The molecule has 24 heavy (non-hydrogen) atoms. The minimum atomic E-state index is -0.110. The maximum absolute atomic E-state index is 12.0. The molecule has 6 heteroatoms. The summed E-state index contributed by atoms with van der Waals surface area (Å²) in [5.41, 5.74) is 2.69. The van der Waals surface area contributed by atoms with Crippen molar-refractivity contribution in [2.75, 3.05) is 26.1 Å². The molecule has 0 saturated carbocycles. The number of rotatable bonds is 7. The van der Waals surface area contributed by atoms with Crippen molar-refractivity contribution in [1.29, 1.82) is 0 Å². The average molecular weight is 349 g/mol. The van der Waals surface area contributed by atoms with Crippen LogP contribution in [0, 0.1) is 6.92 Å². The number of ether oxygens (including phenoxy) is 2. The Morgan fingerprint density at radius 3 is 2.50 bits per heavy atom. The lowest BCUT2D eigenvalue weighted by Gasteiger charge is -2.11. The third-order valence-electron chi connectivity index (χ3n) is 3.53. The molecule has 0 atom stereocenters. The Morgan fingerprint density at radius 2 is 1.83 bits per heavy atom. The molecule has 0 saturated heterocycles. The van der Waals surface area contributed by atoms with Crippen molar-refractivity contribution in [2.45, 2.75) is 13.5 Å². The van der Waals surface area contributed by atoms with Gasteiger partial charge < -0.3 is 20.1 Å². The Bertz CT molecular complexity index is 719. The van der Waals surface area contributed by atoms with E-state index in [0.29, 0.717) is 23.1 Å². The van der Waals surface area contributed by atoms with E-state index < -0.39 is 0 Å². The average Bonchev–Trinajstić information content (AvgIpc) is 2.57. The number of benzene rings is 2. The lowest BCUT2D eigenvalue weighted by molar-refractivity contribution is -0.115. The molecule has 0 aliphatic heterocycles. The number of hydrogen-bond donors (Lipinski definition) is 2. The molecule has 0 fully saturated rings. The number of aryl methyl sites for hydroxylation is 1. The van der Waals surface area contributed by atoms with Crippen LogP contribution < -0.4 is 20.1 Å². The van der Waals surface area contributed by atoms with E-state index in [1.807, 2.05) is 31.2 Å². The van der Waals surface area contributed by atoms with Gasteiger partial charge in [0.05, 0.1) is 20.8 Å². The number of nitrogens with one attached hydrogen (secondary N) is 2. The molecule has 0 heterocycles. The van der Waals surface area contributed by atoms with E-state index in [1.54, 1.807) is 26.4 Å². The molecule has 5 nitrogen and oxygen atoms in total. The summed E-state index contributed by atoms with van der Waals surface area (Å²) in [7, 11) is 3.19. The van der Waals surface area contributed by atoms with Crippen LogP contribution >= 0.6 is 11.6 Å². The van der Waals surface area contributed by atoms with Crippen molar-refractivity contribution < 1.29 is 14.3 Å². The van der Waals surface area contributed by atoms with Crippen molar-refractivity contribution in [3.8, 4) is 11.5 Å². The standard InChI is InChI=1S/C18H21ClN2O3/c1-12-8-14(19)5-6-15(12)21-18(22)11-20-10-13-4-7-16(23-2)17(9-13)24-3/h4-9,20H,10-11H2,1-3H3,(H,21,22). The van der Waals surface area contributed by atoms with Crippen LogP contribution in [0.2, 0.25) is 5.02 Å². The van der Waals surface area contributed by atoms with Crippen LogP contribution in [0.4, 0.5) is 5.69 Å². The van der Waals surface area contributed by atoms with E-state index in [4.69, 9.17) is 21.1 Å². The van der Waals surface area contributed by atoms with Gasteiger partial charge in [-0.25, -0.2) is 0 Å². The van der Waals surface area contributed by atoms with Crippen LogP contribution in [0.1, 0.15) is 11.1 Å². The summed E-state index contributed by atoms with van der Waals surface area (Å²) >= 11 is 5.91. The van der Waals surface area contributed by atoms with Crippen LogP contribution in [0.25, 0.3) is 0 Å². The van der Waals surface area contributed by atoms with Gasteiger partial charge in [-0.2, -0.15) is 0 Å². The van der Waals surface area contributed by atoms with Crippen LogP contribution in [-0.4, -0.2) is 26.7 Å². The van der Waals surface area contributed by atoms with Crippen LogP contribution in [0.15, 0.2) is 36.4 Å². The van der Waals surface area contributed by atoms with Gasteiger partial charge in [-0.15, -0.1) is 0 Å². The van der Waals surface area contributed by atoms with E-state index in [-0.39, 0.29) is 12.5 Å². The zero-order chi connectivity index (χ0) is 17.5. The number of amides is 1. The minimum absolute atomic E-state index is 0.110. The van der Waals surface area contributed by atoms with Crippen molar-refractivity contribution in [1.82, 2.24) is 5.32 Å². The second-order valence-electron chi connectivity index (χ2n) is 5.30. The maximum Gasteiger partial charge on any atom is 0.238 e. The van der Waals surface area contributed by atoms with E-state index in [9.17, 15) is 4.79 Å². The van der Waals surface area contributed by atoms with Gasteiger partial charge >= 0.3 is 0 Å². The monoisotopic (exact) mass is 348 g/mol. The van der Waals surface area contributed by atoms with E-state index in [2.05, 4.69) is 10.6 Å². The molecule has 2 N–H and O–H groups in total. The summed E-state index contributed by atoms with van der Waals surface area (Å²) < 4.78 is 10.5. The van der Waals surface area contributed by atoms with Gasteiger partial charge in [0.25, 0.3) is 0 Å². The SMILES string of the molecule is COc1ccc(CNCC(=O)Nc2ccc(Cl)cc2C)cc1OC. The highest BCUT2D eigenvalue weighted by Crippen LogP contribution is 2.27. The van der Waals surface area contributed by atoms with Gasteiger partial charge in [-0.05, 0) is 48.4 Å². The van der Waals surface area contributed by atoms with Crippen molar-refractivity contribution in [3.63, 3.8) is 0 Å². The Morgan fingerprint density at radius 1 is 1.08 bits per heavy atom. The van der Waals surface area contributed by atoms with E-state index in [1.165, 1.54) is 0 Å². The minimum Gasteiger partial charge on any atom is -0.493 e. The van der Waals surface area contributed by atoms with Crippen molar-refractivity contribution in [3.05, 3.63) is 52.5 Å². The molecule has 0 unspecified atom stereocenters. The molecule has 128 valence electrons. The number of carbonyl (C=O) groups is 1. The molecule has 2 rings (SSSR count). The van der Waals surface area contributed by atoms with Gasteiger partial charge in [0.15, 0.2) is 11.5 Å². The quantitative estimate of drug-likeness (QED) is 0.805. The Kier molecular flexibility index (Phi) is 6.46. The molecule has 0 aliphatic carbocycles. The Balaban J connectivity index is 1.86. The van der Waals surface area contributed by atoms with E-state index >= 15 is 0 Å². The predicted molar refractivity (Wildman–Crippen MR) is 96.1 cm³/mol. The summed E-state index contributed by atoms with van der Waals surface area (Å²) in [4.78, 5) is 12.0. The molecule has 0 radical (unpaired) electrons. The number of hydrogen-bond acceptors (Lipinski definition) is 4. The fourth-order valence-corrected chi connectivity index (χ4v) is 2.50. The van der Waals surface area contributed by atoms with Gasteiger partial charge in [0.2, 0.25) is 5.91 Å². The molecule has 0 aromatic heterocycles. The second-order valence-corrected chi connectivity index (χ2v) is 5.74. The number of halogens is 1. The maximum atomic E-state index is 12.0. The first-order valence-corrected chi connectivity index (χ1v) is 7.89. The molecule has 0 bridgehead atoms. The first-order valence-electron chi connectivity index (χ1n) is 7.51. The van der Waals surface area contributed by atoms with Gasteiger partial charge in [0, 0.05) is 17.3 Å². The third kappa shape index (κ3) is 4.88. The van der Waals surface area contributed by atoms with Crippen LogP contribution in [-0.2, 0) is 11.3 Å². The number of methoxy groups -OCH3 is 2. The van der Waals surface area contributed by atoms with Gasteiger partial charge in [-0.3, -0.25) is 4.79 Å². The fourth-order valence-electron chi connectivity index (χ4n) is 2.27. The molecule has 0 spiro atoms. The number of carbonyl (C=O) groups excluding carboxylic acids is 1. The largest absolute Gasteiger partial charge is 0.493 e. The first kappa shape index (κ1) is 18.1. The lowest BCUT2D eigenvalue weighted by atomic mass is 10.2. The topological polar surface area (TPSA) is 59.6 Å². The molecule has 0 aliphatic rings. The summed E-state index contributed by atoms with van der Waals surface area (Å²) in [5, 5.41) is 6.62. The summed E-state index contributed by atoms with van der Waals surface area (Å²) in [6, 6.07) is 11.0. The first-order chi connectivity index (χ1) is 11.5. The fraction of sp³-hybridized carbons (Fsp3) is 0.278.